The molecule has 8 nitrogen and oxygen atoms in total. The molecule has 0 unspecified atom stereocenters. The van der Waals surface area contributed by atoms with Crippen LogP contribution in [0.1, 0.15) is 35.7 Å². The first kappa shape index (κ1) is 21.0. The summed E-state index contributed by atoms with van der Waals surface area (Å²) in [5.74, 6) is -1.11. The number of hydrogen-bond acceptors (Lipinski definition) is 5. The van der Waals surface area contributed by atoms with E-state index in [4.69, 9.17) is 4.74 Å². The van der Waals surface area contributed by atoms with Crippen molar-refractivity contribution in [2.75, 3.05) is 23.8 Å². The Kier molecular flexibility index (Phi) is 6.79. The van der Waals surface area contributed by atoms with Gasteiger partial charge < -0.3 is 20.3 Å². The SMILES string of the molecule is CC(=O)Nc1ccc(NC(=O)COC(=O)c2ccc(CN3CCCC3=O)cc2)cc1. The van der Waals surface area contributed by atoms with Crippen LogP contribution >= 0.6 is 0 Å². The van der Waals surface area contributed by atoms with Gasteiger partial charge in [-0.25, -0.2) is 4.79 Å². The highest BCUT2D eigenvalue weighted by atomic mass is 16.5. The molecule has 2 aromatic rings. The summed E-state index contributed by atoms with van der Waals surface area (Å²) in [6.45, 7) is 2.27. The lowest BCUT2D eigenvalue weighted by Crippen LogP contribution is -2.23. The first-order valence-electron chi connectivity index (χ1n) is 9.62. The number of likely N-dealkylation sites (tertiary alicyclic amines) is 1. The topological polar surface area (TPSA) is 105 Å². The molecule has 30 heavy (non-hydrogen) atoms. The third-order valence-electron chi connectivity index (χ3n) is 4.56. The molecule has 0 aromatic heterocycles. The number of carbonyl (C=O) groups is 4. The Hall–Kier alpha value is -3.68. The fourth-order valence-electron chi connectivity index (χ4n) is 3.09. The molecule has 2 aromatic carbocycles. The minimum Gasteiger partial charge on any atom is -0.452 e. The van der Waals surface area contributed by atoms with E-state index in [1.807, 2.05) is 0 Å². The van der Waals surface area contributed by atoms with Crippen molar-refractivity contribution < 1.29 is 23.9 Å². The number of rotatable bonds is 7. The molecule has 0 radical (unpaired) electrons. The predicted octanol–water partition coefficient (Wildman–Crippen LogP) is 2.56. The standard InChI is InChI=1S/C22H23N3O5/c1-15(26)23-18-8-10-19(11-9-18)24-20(27)14-30-22(29)17-6-4-16(5-7-17)13-25-12-2-3-21(25)28/h4-11H,2-3,12-14H2,1H3,(H,23,26)(H,24,27). The zero-order valence-electron chi connectivity index (χ0n) is 16.6. The summed E-state index contributed by atoms with van der Waals surface area (Å²) >= 11 is 0. The van der Waals surface area contributed by atoms with Gasteiger partial charge in [-0.3, -0.25) is 14.4 Å². The number of carbonyl (C=O) groups excluding carboxylic acids is 4. The molecule has 156 valence electrons. The number of amides is 3. The number of esters is 1. The second-order valence-electron chi connectivity index (χ2n) is 7.00. The molecule has 1 fully saturated rings. The highest BCUT2D eigenvalue weighted by Crippen LogP contribution is 2.16. The number of nitrogens with zero attached hydrogens (tertiary/aromatic N) is 1. The summed E-state index contributed by atoms with van der Waals surface area (Å²) < 4.78 is 5.06. The van der Waals surface area contributed by atoms with Crippen LogP contribution in [0.15, 0.2) is 48.5 Å². The van der Waals surface area contributed by atoms with E-state index >= 15 is 0 Å². The van der Waals surface area contributed by atoms with Crippen LogP contribution in [0.5, 0.6) is 0 Å². The lowest BCUT2D eigenvalue weighted by Gasteiger charge is -2.15. The summed E-state index contributed by atoms with van der Waals surface area (Å²) in [5, 5.41) is 5.25. The Bertz CT molecular complexity index is 938. The van der Waals surface area contributed by atoms with E-state index in [2.05, 4.69) is 10.6 Å². The van der Waals surface area contributed by atoms with Gasteiger partial charge >= 0.3 is 5.97 Å². The maximum Gasteiger partial charge on any atom is 0.338 e. The molecule has 1 aliphatic heterocycles. The first-order chi connectivity index (χ1) is 14.4. The Morgan fingerprint density at radius 2 is 1.60 bits per heavy atom. The van der Waals surface area contributed by atoms with E-state index in [-0.39, 0.29) is 11.8 Å². The molecule has 1 heterocycles. The summed E-state index contributed by atoms with van der Waals surface area (Å²) in [6, 6.07) is 13.4. The number of anilines is 2. The molecule has 1 aliphatic rings. The molecular formula is C22H23N3O5. The zero-order chi connectivity index (χ0) is 21.5. The number of hydrogen-bond donors (Lipinski definition) is 2. The van der Waals surface area contributed by atoms with Crippen LogP contribution < -0.4 is 10.6 Å². The Morgan fingerprint density at radius 3 is 2.17 bits per heavy atom. The maximum absolute atomic E-state index is 12.1. The van der Waals surface area contributed by atoms with Crippen molar-refractivity contribution in [1.29, 1.82) is 0 Å². The minimum atomic E-state index is -0.602. The molecule has 0 bridgehead atoms. The van der Waals surface area contributed by atoms with Gasteiger partial charge in [0.2, 0.25) is 11.8 Å². The molecule has 8 heteroatoms. The maximum atomic E-state index is 12.1. The van der Waals surface area contributed by atoms with Crippen molar-refractivity contribution in [3.05, 3.63) is 59.7 Å². The van der Waals surface area contributed by atoms with Crippen LogP contribution in [0, 0.1) is 0 Å². The summed E-state index contributed by atoms with van der Waals surface area (Å²) in [4.78, 5) is 48.6. The molecule has 0 spiro atoms. The van der Waals surface area contributed by atoms with Gasteiger partial charge in [0, 0.05) is 37.8 Å². The highest BCUT2D eigenvalue weighted by Gasteiger charge is 2.20. The molecule has 0 aliphatic carbocycles. The summed E-state index contributed by atoms with van der Waals surface area (Å²) in [7, 11) is 0. The zero-order valence-corrected chi connectivity index (χ0v) is 16.6. The van der Waals surface area contributed by atoms with Crippen LogP contribution in [0.3, 0.4) is 0 Å². The van der Waals surface area contributed by atoms with Gasteiger partial charge in [0.25, 0.3) is 5.91 Å². The van der Waals surface area contributed by atoms with Crippen LogP contribution in [-0.2, 0) is 25.7 Å². The van der Waals surface area contributed by atoms with Gasteiger partial charge in [0.15, 0.2) is 6.61 Å². The van der Waals surface area contributed by atoms with E-state index in [1.165, 1.54) is 6.92 Å². The van der Waals surface area contributed by atoms with Crippen molar-refractivity contribution in [3.8, 4) is 0 Å². The monoisotopic (exact) mass is 409 g/mol. The molecule has 3 rings (SSSR count). The van der Waals surface area contributed by atoms with Crippen LogP contribution in [0.4, 0.5) is 11.4 Å². The van der Waals surface area contributed by atoms with Crippen LogP contribution in [-0.4, -0.2) is 41.7 Å². The molecular weight excluding hydrogens is 386 g/mol. The second kappa shape index (κ2) is 9.69. The van der Waals surface area contributed by atoms with Crippen molar-refractivity contribution in [2.24, 2.45) is 0 Å². The van der Waals surface area contributed by atoms with Crippen LogP contribution in [0.2, 0.25) is 0 Å². The fourth-order valence-corrected chi connectivity index (χ4v) is 3.09. The number of ether oxygens (including phenoxy) is 1. The molecule has 3 amide bonds. The predicted molar refractivity (Wildman–Crippen MR) is 111 cm³/mol. The quantitative estimate of drug-likeness (QED) is 0.684. The lowest BCUT2D eigenvalue weighted by atomic mass is 10.1. The van der Waals surface area contributed by atoms with Crippen molar-refractivity contribution in [3.63, 3.8) is 0 Å². The third kappa shape index (κ3) is 5.91. The van der Waals surface area contributed by atoms with E-state index in [0.717, 1.165) is 18.5 Å². The third-order valence-corrected chi connectivity index (χ3v) is 4.56. The molecule has 0 saturated carbocycles. The lowest BCUT2D eigenvalue weighted by molar-refractivity contribution is -0.128. The van der Waals surface area contributed by atoms with E-state index in [1.54, 1.807) is 53.4 Å². The van der Waals surface area contributed by atoms with Gasteiger partial charge in [-0.2, -0.15) is 0 Å². The summed E-state index contributed by atoms with van der Waals surface area (Å²) in [6.07, 6.45) is 1.47. The average molecular weight is 409 g/mol. The average Bonchev–Trinajstić information content (AvgIpc) is 3.12. The second-order valence-corrected chi connectivity index (χ2v) is 7.00. The van der Waals surface area contributed by atoms with Gasteiger partial charge in [-0.1, -0.05) is 12.1 Å². The van der Waals surface area contributed by atoms with Crippen molar-refractivity contribution in [2.45, 2.75) is 26.3 Å². The smallest absolute Gasteiger partial charge is 0.338 e. The van der Waals surface area contributed by atoms with Gasteiger partial charge in [-0.15, -0.1) is 0 Å². The van der Waals surface area contributed by atoms with Crippen LogP contribution in [0.25, 0.3) is 0 Å². The van der Waals surface area contributed by atoms with E-state index in [9.17, 15) is 19.2 Å². The number of nitrogens with one attached hydrogen (secondary N) is 2. The Morgan fingerprint density at radius 1 is 0.967 bits per heavy atom. The van der Waals surface area contributed by atoms with Crippen molar-refractivity contribution >= 4 is 35.1 Å². The van der Waals surface area contributed by atoms with E-state index in [0.29, 0.717) is 29.9 Å². The van der Waals surface area contributed by atoms with Gasteiger partial charge in [-0.05, 0) is 48.4 Å². The first-order valence-corrected chi connectivity index (χ1v) is 9.62. The molecule has 1 saturated heterocycles. The fraction of sp³-hybridized carbons (Fsp3) is 0.273. The Balaban J connectivity index is 1.45. The minimum absolute atomic E-state index is 0.147. The highest BCUT2D eigenvalue weighted by molar-refractivity contribution is 5.96. The van der Waals surface area contributed by atoms with Gasteiger partial charge in [0.05, 0.1) is 5.56 Å². The number of benzene rings is 2. The Labute approximate surface area is 174 Å². The largest absolute Gasteiger partial charge is 0.452 e. The molecule has 2 N–H and O–H groups in total. The normalized spacial score (nSPS) is 13.1. The summed E-state index contributed by atoms with van der Waals surface area (Å²) in [5.41, 5.74) is 2.40. The van der Waals surface area contributed by atoms with E-state index < -0.39 is 18.5 Å². The van der Waals surface area contributed by atoms with Crippen molar-refractivity contribution in [1.82, 2.24) is 4.90 Å². The molecule has 0 atom stereocenters. The van der Waals surface area contributed by atoms with Gasteiger partial charge in [0.1, 0.15) is 0 Å².